The highest BCUT2D eigenvalue weighted by Crippen LogP contribution is 2.37. The Hall–Kier alpha value is -2.71. The minimum absolute atomic E-state index is 0.0848. The average Bonchev–Trinajstić information content (AvgIpc) is 3.33. The lowest BCUT2D eigenvalue weighted by Gasteiger charge is -2.08. The second-order valence-electron chi connectivity index (χ2n) is 5.74. The summed E-state index contributed by atoms with van der Waals surface area (Å²) in [7, 11) is 0. The Morgan fingerprint density at radius 1 is 1.22 bits per heavy atom. The number of aromatic nitrogens is 4. The van der Waals surface area contributed by atoms with Gasteiger partial charge in [0.05, 0.1) is 17.3 Å². The van der Waals surface area contributed by atoms with Crippen LogP contribution in [0.4, 0.5) is 5.82 Å². The van der Waals surface area contributed by atoms with E-state index in [-0.39, 0.29) is 11.7 Å². The standard InChI is InChI=1S/C19H17N5OS2/c1-2-24-15(8-9-22-24)23-16(25)11-27-19-17-14(13-6-4-3-5-7-13)10-26-18(17)20-12-21-19/h3-10,12H,2,11H2,1H3,(H,23,25). The van der Waals surface area contributed by atoms with Gasteiger partial charge in [0.1, 0.15) is 22.0 Å². The van der Waals surface area contributed by atoms with Crippen LogP contribution in [0.5, 0.6) is 0 Å². The van der Waals surface area contributed by atoms with Gasteiger partial charge in [-0.1, -0.05) is 42.1 Å². The van der Waals surface area contributed by atoms with Gasteiger partial charge in [0.15, 0.2) is 0 Å². The van der Waals surface area contributed by atoms with Crippen LogP contribution in [0.15, 0.2) is 59.3 Å². The maximum atomic E-state index is 12.4. The van der Waals surface area contributed by atoms with Crippen molar-refractivity contribution in [2.24, 2.45) is 0 Å². The van der Waals surface area contributed by atoms with Gasteiger partial charge in [-0.3, -0.25) is 4.79 Å². The topological polar surface area (TPSA) is 72.7 Å². The fourth-order valence-electron chi connectivity index (χ4n) is 2.79. The van der Waals surface area contributed by atoms with Crippen LogP contribution in [0.25, 0.3) is 21.3 Å². The van der Waals surface area contributed by atoms with Crippen molar-refractivity contribution in [2.75, 3.05) is 11.1 Å². The first-order chi connectivity index (χ1) is 13.3. The van der Waals surface area contributed by atoms with Gasteiger partial charge in [-0.15, -0.1) is 11.3 Å². The number of aryl methyl sites for hydroxylation is 1. The van der Waals surface area contributed by atoms with Crippen molar-refractivity contribution < 1.29 is 4.79 Å². The number of anilines is 1. The number of amides is 1. The third-order valence-corrected chi connectivity index (χ3v) is 5.92. The molecule has 0 fully saturated rings. The van der Waals surface area contributed by atoms with Gasteiger partial charge >= 0.3 is 0 Å². The van der Waals surface area contributed by atoms with Gasteiger partial charge in [0, 0.05) is 23.6 Å². The first kappa shape index (κ1) is 17.7. The Morgan fingerprint density at radius 3 is 2.89 bits per heavy atom. The van der Waals surface area contributed by atoms with Gasteiger partial charge in [0.25, 0.3) is 0 Å². The molecule has 3 heterocycles. The summed E-state index contributed by atoms with van der Waals surface area (Å²) in [5.74, 6) is 0.889. The molecule has 0 atom stereocenters. The smallest absolute Gasteiger partial charge is 0.235 e. The summed E-state index contributed by atoms with van der Waals surface area (Å²) in [6.45, 7) is 2.69. The number of thioether (sulfide) groups is 1. The van der Waals surface area contributed by atoms with Crippen LogP contribution in [0.1, 0.15) is 6.92 Å². The molecule has 0 aliphatic heterocycles. The lowest BCUT2D eigenvalue weighted by molar-refractivity contribution is -0.113. The van der Waals surface area contributed by atoms with Crippen LogP contribution in [0.2, 0.25) is 0 Å². The Bertz CT molecular complexity index is 1070. The van der Waals surface area contributed by atoms with Crippen molar-refractivity contribution >= 4 is 45.0 Å². The fourth-order valence-corrected chi connectivity index (χ4v) is 4.58. The van der Waals surface area contributed by atoms with E-state index in [0.29, 0.717) is 12.4 Å². The molecule has 4 aromatic rings. The molecule has 4 rings (SSSR count). The summed E-state index contributed by atoms with van der Waals surface area (Å²) in [4.78, 5) is 22.1. The van der Waals surface area contributed by atoms with Gasteiger partial charge < -0.3 is 5.32 Å². The first-order valence-electron chi connectivity index (χ1n) is 8.48. The van der Waals surface area contributed by atoms with E-state index in [1.807, 2.05) is 25.1 Å². The van der Waals surface area contributed by atoms with E-state index in [4.69, 9.17) is 0 Å². The number of nitrogens with zero attached hydrogens (tertiary/aromatic N) is 4. The molecule has 0 radical (unpaired) electrons. The molecule has 27 heavy (non-hydrogen) atoms. The van der Waals surface area contributed by atoms with Gasteiger partial charge in [-0.05, 0) is 12.5 Å². The van der Waals surface area contributed by atoms with Crippen molar-refractivity contribution in [2.45, 2.75) is 18.5 Å². The molecule has 8 heteroatoms. The van der Waals surface area contributed by atoms with Gasteiger partial charge in [0.2, 0.25) is 5.91 Å². The number of hydrogen-bond acceptors (Lipinski definition) is 6. The molecule has 0 aliphatic rings. The van der Waals surface area contributed by atoms with E-state index in [1.165, 1.54) is 11.8 Å². The Balaban J connectivity index is 1.55. The molecule has 1 amide bonds. The van der Waals surface area contributed by atoms with Crippen molar-refractivity contribution in [1.29, 1.82) is 0 Å². The van der Waals surface area contributed by atoms with E-state index in [2.05, 4.69) is 37.9 Å². The molecule has 0 saturated heterocycles. The largest absolute Gasteiger partial charge is 0.310 e. The number of rotatable bonds is 6. The van der Waals surface area contributed by atoms with Gasteiger partial charge in [-0.2, -0.15) is 5.10 Å². The number of nitrogens with one attached hydrogen (secondary N) is 1. The van der Waals surface area contributed by atoms with E-state index >= 15 is 0 Å². The molecule has 0 unspecified atom stereocenters. The van der Waals surface area contributed by atoms with Gasteiger partial charge in [-0.25, -0.2) is 14.6 Å². The highest BCUT2D eigenvalue weighted by atomic mass is 32.2. The average molecular weight is 396 g/mol. The highest BCUT2D eigenvalue weighted by Gasteiger charge is 2.15. The Labute approximate surface area is 164 Å². The lowest BCUT2D eigenvalue weighted by Crippen LogP contribution is -2.17. The Kier molecular flexibility index (Phi) is 5.17. The van der Waals surface area contributed by atoms with E-state index in [1.54, 1.807) is 34.6 Å². The maximum Gasteiger partial charge on any atom is 0.235 e. The van der Waals surface area contributed by atoms with Crippen molar-refractivity contribution in [3.63, 3.8) is 0 Å². The lowest BCUT2D eigenvalue weighted by atomic mass is 10.1. The maximum absolute atomic E-state index is 12.4. The number of hydrogen-bond donors (Lipinski definition) is 1. The van der Waals surface area contributed by atoms with E-state index < -0.39 is 0 Å². The summed E-state index contributed by atoms with van der Waals surface area (Å²) in [5, 5.41) is 11.0. The zero-order valence-corrected chi connectivity index (χ0v) is 16.3. The SMILES string of the molecule is CCn1nccc1NC(=O)CSc1ncnc2scc(-c3ccccc3)c12. The summed E-state index contributed by atoms with van der Waals surface area (Å²) < 4.78 is 1.75. The normalized spacial score (nSPS) is 11.0. The quantitative estimate of drug-likeness (QED) is 0.389. The molecule has 6 nitrogen and oxygen atoms in total. The molecular formula is C19H17N5OS2. The first-order valence-corrected chi connectivity index (χ1v) is 10.3. The molecule has 136 valence electrons. The minimum Gasteiger partial charge on any atom is -0.310 e. The number of thiophene rings is 1. The Morgan fingerprint density at radius 2 is 2.07 bits per heavy atom. The second-order valence-corrected chi connectivity index (χ2v) is 7.57. The van der Waals surface area contributed by atoms with Crippen molar-refractivity contribution in [3.8, 4) is 11.1 Å². The molecule has 0 spiro atoms. The number of benzene rings is 1. The highest BCUT2D eigenvalue weighted by molar-refractivity contribution is 8.00. The fraction of sp³-hybridized carbons (Fsp3) is 0.158. The summed E-state index contributed by atoms with van der Waals surface area (Å²) >= 11 is 3.01. The molecule has 1 N–H and O–H groups in total. The third kappa shape index (κ3) is 3.72. The molecule has 3 aromatic heterocycles. The summed E-state index contributed by atoms with van der Waals surface area (Å²) in [6.07, 6.45) is 3.23. The molecule has 0 bridgehead atoms. The van der Waals surface area contributed by atoms with E-state index in [0.717, 1.165) is 26.4 Å². The van der Waals surface area contributed by atoms with Crippen LogP contribution < -0.4 is 5.32 Å². The zero-order valence-electron chi connectivity index (χ0n) is 14.6. The molecular weight excluding hydrogens is 378 g/mol. The number of carbonyl (C=O) groups is 1. The molecule has 0 aliphatic carbocycles. The molecule has 0 saturated carbocycles. The minimum atomic E-state index is -0.0848. The summed E-state index contributed by atoms with van der Waals surface area (Å²) in [5.41, 5.74) is 2.22. The van der Waals surface area contributed by atoms with Crippen LogP contribution in [0.3, 0.4) is 0 Å². The van der Waals surface area contributed by atoms with Crippen LogP contribution in [-0.2, 0) is 11.3 Å². The second kappa shape index (κ2) is 7.89. The van der Waals surface area contributed by atoms with Crippen LogP contribution in [0, 0.1) is 0 Å². The third-order valence-electron chi connectivity index (χ3n) is 4.04. The van der Waals surface area contributed by atoms with Crippen molar-refractivity contribution in [1.82, 2.24) is 19.7 Å². The van der Waals surface area contributed by atoms with Crippen molar-refractivity contribution in [3.05, 3.63) is 54.3 Å². The molecule has 1 aromatic carbocycles. The predicted octanol–water partition coefficient (Wildman–Crippen LogP) is 4.31. The summed E-state index contributed by atoms with van der Waals surface area (Å²) in [6, 6.07) is 12.0. The predicted molar refractivity (Wildman–Crippen MR) is 110 cm³/mol. The van der Waals surface area contributed by atoms with Crippen LogP contribution >= 0.6 is 23.1 Å². The van der Waals surface area contributed by atoms with E-state index in [9.17, 15) is 4.79 Å². The van der Waals surface area contributed by atoms with Crippen LogP contribution in [-0.4, -0.2) is 31.4 Å². The number of carbonyl (C=O) groups excluding carboxylic acids is 1. The zero-order chi connectivity index (χ0) is 18.6. The monoisotopic (exact) mass is 395 g/mol. The number of fused-ring (bicyclic) bond motifs is 1.